The lowest BCUT2D eigenvalue weighted by Crippen LogP contribution is -2.50. The first-order chi connectivity index (χ1) is 7.90. The second kappa shape index (κ2) is 4.52. The third-order valence-electron chi connectivity index (χ3n) is 3.69. The molecule has 1 N–H and O–H groups in total. The number of nitrogens with zero attached hydrogens (tertiary/aromatic N) is 2. The molecule has 0 aromatic carbocycles. The van der Waals surface area contributed by atoms with Gasteiger partial charge in [-0.2, -0.15) is 0 Å². The van der Waals surface area contributed by atoms with Crippen LogP contribution in [0.1, 0.15) is 12.0 Å². The van der Waals surface area contributed by atoms with E-state index in [0.29, 0.717) is 0 Å². The van der Waals surface area contributed by atoms with Gasteiger partial charge < -0.3 is 5.32 Å². The first-order valence-electron chi connectivity index (χ1n) is 6.22. The maximum Gasteiger partial charge on any atom is 0.0312 e. The Balaban J connectivity index is 1.63. The van der Waals surface area contributed by atoms with Crippen LogP contribution in [0.2, 0.25) is 0 Å². The highest BCUT2D eigenvalue weighted by Crippen LogP contribution is 2.25. The van der Waals surface area contributed by atoms with Gasteiger partial charge in [0.1, 0.15) is 0 Å². The highest BCUT2D eigenvalue weighted by atomic mass is 15.2. The van der Waals surface area contributed by atoms with Gasteiger partial charge in [0.15, 0.2) is 0 Å². The van der Waals surface area contributed by atoms with Crippen LogP contribution in [0.4, 0.5) is 0 Å². The van der Waals surface area contributed by atoms with Gasteiger partial charge in [-0.05, 0) is 43.0 Å². The number of hydrogen-bond donors (Lipinski definition) is 1. The first kappa shape index (κ1) is 10.2. The fourth-order valence-corrected chi connectivity index (χ4v) is 3.09. The molecule has 2 bridgehead atoms. The second-order valence-electron chi connectivity index (χ2n) is 5.18. The third kappa shape index (κ3) is 2.25. The zero-order chi connectivity index (χ0) is 10.8. The van der Waals surface area contributed by atoms with Crippen LogP contribution in [0.3, 0.4) is 0 Å². The summed E-state index contributed by atoms with van der Waals surface area (Å²) in [7, 11) is 0. The van der Waals surface area contributed by atoms with Crippen LogP contribution in [0.5, 0.6) is 0 Å². The molecule has 1 aromatic rings. The molecule has 0 saturated carbocycles. The lowest BCUT2D eigenvalue weighted by molar-refractivity contribution is 0.0916. The van der Waals surface area contributed by atoms with E-state index < -0.39 is 0 Å². The van der Waals surface area contributed by atoms with Crippen LogP contribution in [-0.2, 0) is 6.54 Å². The Kier molecular flexibility index (Phi) is 2.89. The highest BCUT2D eigenvalue weighted by Gasteiger charge is 2.29. The lowest BCUT2D eigenvalue weighted by atomic mass is 9.86. The van der Waals surface area contributed by atoms with Crippen molar-refractivity contribution in [2.24, 2.45) is 11.8 Å². The predicted octanol–water partition coefficient (Wildman–Crippen LogP) is 1.12. The van der Waals surface area contributed by atoms with Gasteiger partial charge in [0.05, 0.1) is 0 Å². The van der Waals surface area contributed by atoms with Gasteiger partial charge in [0, 0.05) is 32.0 Å². The number of nitrogens with one attached hydrogen (secondary N) is 1. The normalized spacial score (nSPS) is 30.2. The molecule has 1 aromatic heterocycles. The summed E-state index contributed by atoms with van der Waals surface area (Å²) < 4.78 is 0. The maximum absolute atomic E-state index is 4.18. The first-order valence-corrected chi connectivity index (χ1v) is 6.22. The van der Waals surface area contributed by atoms with Crippen molar-refractivity contribution >= 4 is 0 Å². The number of likely N-dealkylation sites (tertiary alicyclic amines) is 1. The molecule has 2 fully saturated rings. The van der Waals surface area contributed by atoms with E-state index in [-0.39, 0.29) is 0 Å². The fraction of sp³-hybridized carbons (Fsp3) is 0.615. The van der Waals surface area contributed by atoms with Crippen molar-refractivity contribution in [3.63, 3.8) is 0 Å². The Morgan fingerprint density at radius 3 is 2.81 bits per heavy atom. The molecule has 2 aliphatic rings. The standard InChI is InChI=1S/C13H19N3/c1-2-11(5-14-3-1)8-16-9-12-4-13(10-16)7-15-6-12/h1-3,5,12-13,15H,4,6-10H2. The van der Waals surface area contributed by atoms with E-state index in [4.69, 9.17) is 0 Å². The summed E-state index contributed by atoms with van der Waals surface area (Å²) in [5.41, 5.74) is 1.34. The van der Waals surface area contributed by atoms with Crippen LogP contribution >= 0.6 is 0 Å². The predicted molar refractivity (Wildman–Crippen MR) is 64.0 cm³/mol. The Morgan fingerprint density at radius 2 is 2.12 bits per heavy atom. The number of pyridine rings is 1. The topological polar surface area (TPSA) is 28.2 Å². The summed E-state index contributed by atoms with van der Waals surface area (Å²) >= 11 is 0. The van der Waals surface area contributed by atoms with Crippen molar-refractivity contribution in [2.75, 3.05) is 26.2 Å². The molecule has 3 rings (SSSR count). The van der Waals surface area contributed by atoms with E-state index in [1.807, 2.05) is 18.5 Å². The van der Waals surface area contributed by atoms with Crippen molar-refractivity contribution < 1.29 is 0 Å². The van der Waals surface area contributed by atoms with Crippen molar-refractivity contribution in [2.45, 2.75) is 13.0 Å². The molecular weight excluding hydrogens is 198 g/mol. The van der Waals surface area contributed by atoms with Crippen LogP contribution in [0.25, 0.3) is 0 Å². The van der Waals surface area contributed by atoms with Crippen LogP contribution < -0.4 is 5.32 Å². The van der Waals surface area contributed by atoms with E-state index >= 15 is 0 Å². The molecule has 3 heterocycles. The zero-order valence-electron chi connectivity index (χ0n) is 9.60. The number of rotatable bonds is 2. The maximum atomic E-state index is 4.18. The number of piperidine rings is 2. The summed E-state index contributed by atoms with van der Waals surface area (Å²) in [6.07, 6.45) is 5.26. The van der Waals surface area contributed by atoms with Crippen molar-refractivity contribution in [1.29, 1.82) is 0 Å². The third-order valence-corrected chi connectivity index (χ3v) is 3.69. The lowest BCUT2D eigenvalue weighted by Gasteiger charge is -2.41. The molecule has 2 aliphatic heterocycles. The minimum Gasteiger partial charge on any atom is -0.316 e. The molecule has 3 heteroatoms. The number of fused-ring (bicyclic) bond motifs is 2. The monoisotopic (exact) mass is 217 g/mol. The minimum absolute atomic E-state index is 0.865. The Bertz CT molecular complexity index is 326. The summed E-state index contributed by atoms with van der Waals surface area (Å²) in [4.78, 5) is 6.78. The Morgan fingerprint density at radius 1 is 1.31 bits per heavy atom. The summed E-state index contributed by atoms with van der Waals surface area (Å²) in [5.74, 6) is 1.73. The Hall–Kier alpha value is -0.930. The molecule has 0 spiro atoms. The average Bonchev–Trinajstić information content (AvgIpc) is 2.30. The van der Waals surface area contributed by atoms with Crippen molar-refractivity contribution in [3.8, 4) is 0 Å². The van der Waals surface area contributed by atoms with E-state index in [0.717, 1.165) is 18.4 Å². The van der Waals surface area contributed by atoms with E-state index in [9.17, 15) is 0 Å². The molecular formula is C13H19N3. The highest BCUT2D eigenvalue weighted by molar-refractivity contribution is 5.08. The van der Waals surface area contributed by atoms with E-state index in [2.05, 4.69) is 21.3 Å². The van der Waals surface area contributed by atoms with E-state index in [1.54, 1.807) is 0 Å². The number of hydrogen-bond acceptors (Lipinski definition) is 3. The SMILES string of the molecule is c1cncc(CN2CC3CNCC(C3)C2)c1. The van der Waals surface area contributed by atoms with E-state index in [1.165, 1.54) is 38.2 Å². The second-order valence-corrected chi connectivity index (χ2v) is 5.18. The van der Waals surface area contributed by atoms with Gasteiger partial charge in [0.25, 0.3) is 0 Å². The van der Waals surface area contributed by atoms with Crippen molar-refractivity contribution in [3.05, 3.63) is 30.1 Å². The van der Waals surface area contributed by atoms with Gasteiger partial charge >= 0.3 is 0 Å². The van der Waals surface area contributed by atoms with Gasteiger partial charge in [-0.3, -0.25) is 9.88 Å². The van der Waals surface area contributed by atoms with Crippen LogP contribution in [0, 0.1) is 11.8 Å². The summed E-state index contributed by atoms with van der Waals surface area (Å²) in [6.45, 7) is 5.98. The molecule has 16 heavy (non-hydrogen) atoms. The van der Waals surface area contributed by atoms with Gasteiger partial charge in [0.2, 0.25) is 0 Å². The number of aromatic nitrogens is 1. The fourth-order valence-electron chi connectivity index (χ4n) is 3.09. The largest absolute Gasteiger partial charge is 0.316 e. The Labute approximate surface area is 96.9 Å². The molecule has 0 radical (unpaired) electrons. The summed E-state index contributed by atoms with van der Waals surface area (Å²) in [6, 6.07) is 4.21. The smallest absolute Gasteiger partial charge is 0.0312 e. The molecule has 2 unspecified atom stereocenters. The molecule has 3 nitrogen and oxygen atoms in total. The van der Waals surface area contributed by atoms with Crippen molar-refractivity contribution in [1.82, 2.24) is 15.2 Å². The molecule has 0 amide bonds. The van der Waals surface area contributed by atoms with Gasteiger partial charge in [-0.15, -0.1) is 0 Å². The quantitative estimate of drug-likeness (QED) is 0.804. The minimum atomic E-state index is 0.865. The van der Waals surface area contributed by atoms with Crippen LogP contribution in [-0.4, -0.2) is 36.1 Å². The molecule has 2 atom stereocenters. The molecule has 86 valence electrons. The van der Waals surface area contributed by atoms with Crippen LogP contribution in [0.15, 0.2) is 24.5 Å². The summed E-state index contributed by atoms with van der Waals surface area (Å²) in [5, 5.41) is 3.53. The van der Waals surface area contributed by atoms with Gasteiger partial charge in [-0.1, -0.05) is 6.07 Å². The molecule has 0 aliphatic carbocycles. The zero-order valence-corrected chi connectivity index (χ0v) is 9.60. The molecule has 2 saturated heterocycles. The average molecular weight is 217 g/mol. The van der Waals surface area contributed by atoms with Gasteiger partial charge in [-0.25, -0.2) is 0 Å².